The van der Waals surface area contributed by atoms with Crippen molar-refractivity contribution < 1.29 is 9.90 Å². The number of Topliss-reactive ketones (excluding diaryl/α,β-unsaturated/α-hetero) is 1. The maximum Gasteiger partial charge on any atom is 0.135 e. The minimum Gasteiger partial charge on any atom is -0.393 e. The van der Waals surface area contributed by atoms with Crippen LogP contribution in [-0.4, -0.2) is 17.0 Å². The number of hydrogen-bond acceptors (Lipinski definition) is 2. The molecule has 0 spiro atoms. The van der Waals surface area contributed by atoms with Crippen LogP contribution in [0.1, 0.15) is 76.8 Å². The van der Waals surface area contributed by atoms with Gasteiger partial charge in [0.2, 0.25) is 0 Å². The summed E-state index contributed by atoms with van der Waals surface area (Å²) in [5.41, 5.74) is 2.64. The van der Waals surface area contributed by atoms with Crippen LogP contribution in [0.2, 0.25) is 0 Å². The van der Waals surface area contributed by atoms with E-state index in [0.29, 0.717) is 11.7 Å². The van der Waals surface area contributed by atoms with Crippen LogP contribution in [-0.2, 0) is 17.6 Å². The normalized spacial score (nSPS) is 25.4. The molecule has 1 aromatic rings. The van der Waals surface area contributed by atoms with Crippen molar-refractivity contribution in [2.75, 3.05) is 0 Å². The summed E-state index contributed by atoms with van der Waals surface area (Å²) in [7, 11) is 0. The van der Waals surface area contributed by atoms with E-state index in [4.69, 9.17) is 0 Å². The molecule has 0 aromatic heterocycles. The number of aliphatic hydroxyl groups excluding tert-OH is 1. The van der Waals surface area contributed by atoms with E-state index < -0.39 is 0 Å². The molecule has 1 aliphatic carbocycles. The molecule has 1 atom stereocenters. The van der Waals surface area contributed by atoms with Gasteiger partial charge in [-0.3, -0.25) is 4.79 Å². The summed E-state index contributed by atoms with van der Waals surface area (Å²) >= 11 is 0. The van der Waals surface area contributed by atoms with Crippen LogP contribution in [0.15, 0.2) is 24.3 Å². The number of benzene rings is 1. The average molecular weight is 331 g/mol. The molecule has 1 N–H and O–H groups in total. The first-order chi connectivity index (χ1) is 11.5. The third-order valence-electron chi connectivity index (χ3n) is 6.22. The molecule has 1 saturated carbocycles. The van der Waals surface area contributed by atoms with Crippen LogP contribution in [0, 0.1) is 11.3 Å². The molecule has 1 aromatic carbocycles. The zero-order valence-electron chi connectivity index (χ0n) is 15.7. The second kappa shape index (κ2) is 8.80. The lowest BCUT2D eigenvalue weighted by molar-refractivity contribution is -0.130. The highest BCUT2D eigenvalue weighted by Crippen LogP contribution is 2.42. The van der Waals surface area contributed by atoms with Crippen LogP contribution in [0.3, 0.4) is 0 Å². The predicted molar refractivity (Wildman–Crippen MR) is 100 cm³/mol. The highest BCUT2D eigenvalue weighted by molar-refractivity contribution is 5.82. The molecule has 2 heteroatoms. The van der Waals surface area contributed by atoms with Crippen molar-refractivity contribution in [3.63, 3.8) is 0 Å². The summed E-state index contributed by atoms with van der Waals surface area (Å²) < 4.78 is 0. The largest absolute Gasteiger partial charge is 0.393 e. The fourth-order valence-electron chi connectivity index (χ4n) is 4.11. The zero-order chi connectivity index (χ0) is 17.6. The Kier molecular flexibility index (Phi) is 7.03. The number of rotatable bonds is 8. The van der Waals surface area contributed by atoms with E-state index in [-0.39, 0.29) is 11.5 Å². The van der Waals surface area contributed by atoms with Gasteiger partial charge in [-0.25, -0.2) is 0 Å². The molecule has 1 unspecified atom stereocenters. The summed E-state index contributed by atoms with van der Waals surface area (Å²) in [6.07, 6.45) is 8.56. The van der Waals surface area contributed by atoms with E-state index in [0.717, 1.165) is 57.8 Å². The molecule has 24 heavy (non-hydrogen) atoms. The Labute approximate surface area is 147 Å². The third-order valence-corrected chi connectivity index (χ3v) is 6.22. The Balaban J connectivity index is 1.94. The molecule has 2 rings (SSSR count). The summed E-state index contributed by atoms with van der Waals surface area (Å²) in [5.74, 6) is 0.970. The van der Waals surface area contributed by atoms with Gasteiger partial charge in [0.05, 0.1) is 6.10 Å². The Morgan fingerprint density at radius 1 is 1.17 bits per heavy atom. The molecule has 1 fully saturated rings. The quantitative estimate of drug-likeness (QED) is 0.719. The molecule has 0 bridgehead atoms. The molecule has 0 amide bonds. The van der Waals surface area contributed by atoms with Gasteiger partial charge in [0.25, 0.3) is 0 Å². The maximum atomic E-state index is 12.3. The van der Waals surface area contributed by atoms with Crippen LogP contribution < -0.4 is 0 Å². The highest BCUT2D eigenvalue weighted by Gasteiger charge is 2.38. The summed E-state index contributed by atoms with van der Waals surface area (Å²) in [6, 6.07) is 9.00. The second-order valence-corrected chi connectivity index (χ2v) is 7.75. The molecule has 134 valence electrons. The third kappa shape index (κ3) is 4.92. The van der Waals surface area contributed by atoms with Crippen LogP contribution in [0.4, 0.5) is 0 Å². The molecule has 0 radical (unpaired) electrons. The molecule has 1 aliphatic rings. The van der Waals surface area contributed by atoms with Gasteiger partial charge in [-0.2, -0.15) is 0 Å². The van der Waals surface area contributed by atoms with Crippen molar-refractivity contribution in [2.45, 2.75) is 84.7 Å². The van der Waals surface area contributed by atoms with Gasteiger partial charge < -0.3 is 5.11 Å². The smallest absolute Gasteiger partial charge is 0.135 e. The molecular weight excluding hydrogens is 296 g/mol. The van der Waals surface area contributed by atoms with Crippen molar-refractivity contribution in [3.8, 4) is 0 Å². The fraction of sp³-hybridized carbons (Fsp3) is 0.682. The van der Waals surface area contributed by atoms with E-state index in [9.17, 15) is 9.90 Å². The Hall–Kier alpha value is -1.15. The minimum atomic E-state index is -0.198. The number of aryl methyl sites for hydroxylation is 1. The monoisotopic (exact) mass is 330 g/mol. The zero-order valence-corrected chi connectivity index (χ0v) is 15.7. The van der Waals surface area contributed by atoms with Crippen LogP contribution in [0.25, 0.3) is 0 Å². The van der Waals surface area contributed by atoms with Gasteiger partial charge in [0, 0.05) is 5.41 Å². The average Bonchev–Trinajstić information content (AvgIpc) is 2.60. The van der Waals surface area contributed by atoms with Crippen molar-refractivity contribution >= 4 is 5.78 Å². The Morgan fingerprint density at radius 2 is 1.75 bits per heavy atom. The van der Waals surface area contributed by atoms with Crippen molar-refractivity contribution in [2.24, 2.45) is 11.3 Å². The lowest BCUT2D eigenvalue weighted by Crippen LogP contribution is -2.36. The second-order valence-electron chi connectivity index (χ2n) is 7.75. The molecular formula is C22H34O2. The summed E-state index contributed by atoms with van der Waals surface area (Å²) in [6.45, 7) is 6.20. The Bertz CT molecular complexity index is 509. The van der Waals surface area contributed by atoms with Gasteiger partial charge in [0.1, 0.15) is 5.78 Å². The van der Waals surface area contributed by atoms with E-state index in [1.807, 2.05) is 0 Å². The minimum absolute atomic E-state index is 0.168. The number of aliphatic hydroxyl groups is 1. The first-order valence-corrected chi connectivity index (χ1v) is 9.76. The Morgan fingerprint density at radius 3 is 2.25 bits per heavy atom. The van der Waals surface area contributed by atoms with E-state index in [1.165, 1.54) is 11.1 Å². The molecule has 0 heterocycles. The summed E-state index contributed by atoms with van der Waals surface area (Å²) in [5, 5.41) is 9.77. The standard InChI is InChI=1S/C22H34O2/c1-4-18-6-8-20(9-7-18)16-19(5-2)10-13-22(17(3)23)14-11-21(24)12-15-22/h6-9,19,21,24H,4-5,10-16H2,1-3H3. The molecule has 0 aliphatic heterocycles. The maximum absolute atomic E-state index is 12.3. The lowest BCUT2D eigenvalue weighted by atomic mass is 9.67. The topological polar surface area (TPSA) is 37.3 Å². The molecule has 0 saturated heterocycles. The predicted octanol–water partition coefficient (Wildman–Crippen LogP) is 5.11. The van der Waals surface area contributed by atoms with Crippen LogP contribution in [0.5, 0.6) is 0 Å². The van der Waals surface area contributed by atoms with E-state index in [2.05, 4.69) is 38.1 Å². The SMILES string of the molecule is CCc1ccc(CC(CC)CCC2(C(C)=O)CCC(O)CC2)cc1. The van der Waals surface area contributed by atoms with Gasteiger partial charge in [-0.15, -0.1) is 0 Å². The number of ketones is 1. The fourth-order valence-corrected chi connectivity index (χ4v) is 4.11. The number of carbonyl (C=O) groups excluding carboxylic acids is 1. The van der Waals surface area contributed by atoms with Gasteiger partial charge >= 0.3 is 0 Å². The first-order valence-electron chi connectivity index (χ1n) is 9.76. The number of hydrogen-bond donors (Lipinski definition) is 1. The first kappa shape index (κ1) is 19.2. The van der Waals surface area contributed by atoms with Crippen LogP contribution >= 0.6 is 0 Å². The van der Waals surface area contributed by atoms with Crippen molar-refractivity contribution in [3.05, 3.63) is 35.4 Å². The highest BCUT2D eigenvalue weighted by atomic mass is 16.3. The van der Waals surface area contributed by atoms with E-state index >= 15 is 0 Å². The molecule has 2 nitrogen and oxygen atoms in total. The van der Waals surface area contributed by atoms with Gasteiger partial charge in [-0.1, -0.05) is 44.5 Å². The van der Waals surface area contributed by atoms with Crippen molar-refractivity contribution in [1.29, 1.82) is 0 Å². The van der Waals surface area contributed by atoms with E-state index in [1.54, 1.807) is 6.92 Å². The van der Waals surface area contributed by atoms with Crippen molar-refractivity contribution in [1.82, 2.24) is 0 Å². The summed E-state index contributed by atoms with van der Waals surface area (Å²) in [4.78, 5) is 12.3. The van der Waals surface area contributed by atoms with Gasteiger partial charge in [-0.05, 0) is 75.3 Å². The lowest BCUT2D eigenvalue weighted by Gasteiger charge is -2.38. The van der Waals surface area contributed by atoms with Gasteiger partial charge in [0.15, 0.2) is 0 Å². The number of carbonyl (C=O) groups is 1.